The van der Waals surface area contributed by atoms with Crippen molar-refractivity contribution in [3.8, 4) is 0 Å². The summed E-state index contributed by atoms with van der Waals surface area (Å²) in [5.41, 5.74) is 5.74. The molecule has 1 heteroatoms. The minimum absolute atomic E-state index is 0.144. The Bertz CT molecular complexity index is 1100. The van der Waals surface area contributed by atoms with E-state index in [9.17, 15) is 4.39 Å². The molecule has 0 aliphatic heterocycles. The summed E-state index contributed by atoms with van der Waals surface area (Å²) in [5.74, 6) is 2.01. The maximum Gasteiger partial charge on any atom is 0.130 e. The van der Waals surface area contributed by atoms with Crippen molar-refractivity contribution in [1.82, 2.24) is 0 Å². The van der Waals surface area contributed by atoms with Crippen LogP contribution in [0.4, 0.5) is 4.39 Å². The number of halogens is 1. The molecule has 3 aromatic rings. The van der Waals surface area contributed by atoms with E-state index < -0.39 is 0 Å². The molecule has 0 aromatic heterocycles. The van der Waals surface area contributed by atoms with E-state index >= 15 is 0 Å². The lowest BCUT2D eigenvalue weighted by Crippen LogP contribution is -2.15. The third-order valence-corrected chi connectivity index (χ3v) is 7.67. The Kier molecular flexibility index (Phi) is 9.12. The third-order valence-electron chi connectivity index (χ3n) is 7.67. The van der Waals surface area contributed by atoms with Gasteiger partial charge in [-0.1, -0.05) is 98.0 Å². The quantitative estimate of drug-likeness (QED) is 0.217. The van der Waals surface area contributed by atoms with Crippen LogP contribution in [-0.4, -0.2) is 0 Å². The second-order valence-electron chi connectivity index (χ2n) is 10.2. The van der Waals surface area contributed by atoms with Crippen LogP contribution in [0.15, 0.2) is 84.9 Å². The molecule has 4 rings (SSSR count). The Morgan fingerprint density at radius 2 is 1.63 bits per heavy atom. The zero-order valence-electron chi connectivity index (χ0n) is 21.3. The minimum atomic E-state index is -0.144. The standard InChI is InChI=1S/C34H39F/c1-3-4-6-9-28-17-23-33(34(35)25-28)22-14-27-12-18-31(19-13-27)32-20-15-29(16-21-32)24-26(2)30-10-7-5-8-11-30/h3-5,7-8,10-14,17-19,22-23,25-26,29,32H,6,9,15-16,20-21,24H2,1-2H3/t26-,29?,32?/m0/s1. The molecular formula is C34H39F. The molecule has 0 heterocycles. The molecule has 0 radical (unpaired) electrons. The topological polar surface area (TPSA) is 0 Å². The van der Waals surface area contributed by atoms with Gasteiger partial charge in [0.2, 0.25) is 0 Å². The van der Waals surface area contributed by atoms with Gasteiger partial charge in [0.05, 0.1) is 0 Å². The highest BCUT2D eigenvalue weighted by Gasteiger charge is 2.24. The van der Waals surface area contributed by atoms with Crippen LogP contribution in [0.25, 0.3) is 12.2 Å². The van der Waals surface area contributed by atoms with Gasteiger partial charge in [0.15, 0.2) is 0 Å². The highest BCUT2D eigenvalue weighted by Crippen LogP contribution is 2.39. The predicted molar refractivity (Wildman–Crippen MR) is 149 cm³/mol. The Morgan fingerprint density at radius 1 is 0.886 bits per heavy atom. The number of hydrogen-bond acceptors (Lipinski definition) is 0. The van der Waals surface area contributed by atoms with Crippen molar-refractivity contribution >= 4 is 12.2 Å². The van der Waals surface area contributed by atoms with E-state index in [2.05, 4.69) is 67.6 Å². The van der Waals surface area contributed by atoms with Crippen LogP contribution in [-0.2, 0) is 6.42 Å². The van der Waals surface area contributed by atoms with E-state index in [4.69, 9.17) is 0 Å². The van der Waals surface area contributed by atoms with Gasteiger partial charge in [-0.05, 0) is 97.9 Å². The highest BCUT2D eigenvalue weighted by molar-refractivity contribution is 5.70. The first-order chi connectivity index (χ1) is 17.1. The van der Waals surface area contributed by atoms with Gasteiger partial charge in [0.25, 0.3) is 0 Å². The number of allylic oxidation sites excluding steroid dienone is 2. The first-order valence-electron chi connectivity index (χ1n) is 13.3. The van der Waals surface area contributed by atoms with Gasteiger partial charge in [-0.3, -0.25) is 0 Å². The summed E-state index contributed by atoms with van der Waals surface area (Å²) in [6.07, 6.45) is 16.4. The van der Waals surface area contributed by atoms with Crippen molar-refractivity contribution in [3.63, 3.8) is 0 Å². The van der Waals surface area contributed by atoms with Gasteiger partial charge >= 0.3 is 0 Å². The largest absolute Gasteiger partial charge is 0.206 e. The van der Waals surface area contributed by atoms with E-state index in [1.807, 2.05) is 37.3 Å². The predicted octanol–water partition coefficient (Wildman–Crippen LogP) is 9.97. The Labute approximate surface area is 211 Å². The molecule has 182 valence electrons. The lowest BCUT2D eigenvalue weighted by atomic mass is 9.75. The maximum atomic E-state index is 14.5. The first kappa shape index (κ1) is 25.2. The molecule has 0 amide bonds. The molecule has 1 aliphatic rings. The molecule has 1 atom stereocenters. The van der Waals surface area contributed by atoms with Crippen LogP contribution in [0, 0.1) is 11.7 Å². The summed E-state index contributed by atoms with van der Waals surface area (Å²) in [7, 11) is 0. The van der Waals surface area contributed by atoms with Crippen LogP contribution in [0.3, 0.4) is 0 Å². The third kappa shape index (κ3) is 7.28. The number of aryl methyl sites for hydroxylation is 1. The number of rotatable bonds is 9. The Hall–Kier alpha value is -2.93. The SMILES string of the molecule is CC=CCCc1ccc(C=Cc2ccc(C3CCC(C[C@H](C)c4ccccc4)CC3)cc2)c(F)c1. The minimum Gasteiger partial charge on any atom is -0.206 e. The number of benzene rings is 3. The van der Waals surface area contributed by atoms with Crippen molar-refractivity contribution in [2.24, 2.45) is 5.92 Å². The first-order valence-corrected chi connectivity index (χ1v) is 13.3. The summed E-state index contributed by atoms with van der Waals surface area (Å²) < 4.78 is 14.5. The van der Waals surface area contributed by atoms with Crippen molar-refractivity contribution in [3.05, 3.63) is 119 Å². The molecule has 1 aliphatic carbocycles. The van der Waals surface area contributed by atoms with Crippen LogP contribution in [0.5, 0.6) is 0 Å². The number of hydrogen-bond donors (Lipinski definition) is 0. The fourth-order valence-corrected chi connectivity index (χ4v) is 5.49. The highest BCUT2D eigenvalue weighted by atomic mass is 19.1. The van der Waals surface area contributed by atoms with Crippen molar-refractivity contribution in [2.45, 2.75) is 70.6 Å². The summed E-state index contributed by atoms with van der Waals surface area (Å²) in [6, 6.07) is 25.4. The van der Waals surface area contributed by atoms with Crippen molar-refractivity contribution < 1.29 is 4.39 Å². The summed E-state index contributed by atoms with van der Waals surface area (Å²) in [6.45, 7) is 4.39. The summed E-state index contributed by atoms with van der Waals surface area (Å²) in [4.78, 5) is 0. The van der Waals surface area contributed by atoms with E-state index in [1.165, 1.54) is 43.2 Å². The molecule has 0 saturated heterocycles. The molecule has 0 bridgehead atoms. The van der Waals surface area contributed by atoms with Crippen molar-refractivity contribution in [2.75, 3.05) is 0 Å². The van der Waals surface area contributed by atoms with E-state index in [0.717, 1.165) is 29.9 Å². The average molecular weight is 467 g/mol. The van der Waals surface area contributed by atoms with Gasteiger partial charge in [-0.15, -0.1) is 0 Å². The van der Waals surface area contributed by atoms with E-state index in [0.29, 0.717) is 17.4 Å². The smallest absolute Gasteiger partial charge is 0.130 e. The molecule has 0 N–H and O–H groups in total. The van der Waals surface area contributed by atoms with Gasteiger partial charge in [0, 0.05) is 5.56 Å². The second kappa shape index (κ2) is 12.7. The van der Waals surface area contributed by atoms with Crippen LogP contribution in [0.1, 0.15) is 92.0 Å². The lowest BCUT2D eigenvalue weighted by molar-refractivity contribution is 0.297. The monoisotopic (exact) mass is 466 g/mol. The van der Waals surface area contributed by atoms with Crippen LogP contribution < -0.4 is 0 Å². The van der Waals surface area contributed by atoms with Gasteiger partial charge < -0.3 is 0 Å². The molecule has 0 spiro atoms. The zero-order valence-corrected chi connectivity index (χ0v) is 21.3. The van der Waals surface area contributed by atoms with E-state index in [1.54, 1.807) is 6.07 Å². The van der Waals surface area contributed by atoms with Crippen LogP contribution in [0.2, 0.25) is 0 Å². The molecule has 1 saturated carbocycles. The molecule has 0 unspecified atom stereocenters. The molecule has 1 fully saturated rings. The Balaban J connectivity index is 1.28. The normalized spacial score (nSPS) is 19.4. The summed E-state index contributed by atoms with van der Waals surface area (Å²) in [5, 5.41) is 0. The molecule has 3 aromatic carbocycles. The van der Waals surface area contributed by atoms with E-state index in [-0.39, 0.29) is 5.82 Å². The fourth-order valence-electron chi connectivity index (χ4n) is 5.49. The zero-order chi connectivity index (χ0) is 24.5. The second-order valence-corrected chi connectivity index (χ2v) is 10.2. The maximum absolute atomic E-state index is 14.5. The molecule has 35 heavy (non-hydrogen) atoms. The fraction of sp³-hybridized carbons (Fsp3) is 0.353. The van der Waals surface area contributed by atoms with Crippen molar-refractivity contribution in [1.29, 1.82) is 0 Å². The average Bonchev–Trinajstić information content (AvgIpc) is 2.90. The molecule has 0 nitrogen and oxygen atoms in total. The van der Waals surface area contributed by atoms with Gasteiger partial charge in [-0.25, -0.2) is 4.39 Å². The van der Waals surface area contributed by atoms with Crippen LogP contribution >= 0.6 is 0 Å². The lowest BCUT2D eigenvalue weighted by Gasteiger charge is -2.30. The van der Waals surface area contributed by atoms with Gasteiger partial charge in [-0.2, -0.15) is 0 Å². The molecular weight excluding hydrogens is 427 g/mol. The Morgan fingerprint density at radius 3 is 2.31 bits per heavy atom. The van der Waals surface area contributed by atoms with Gasteiger partial charge in [0.1, 0.15) is 5.82 Å². The summed E-state index contributed by atoms with van der Waals surface area (Å²) >= 11 is 0.